The summed E-state index contributed by atoms with van der Waals surface area (Å²) in [5.41, 5.74) is 2.37. The fraction of sp³-hybridized carbons (Fsp3) is 0.172. The summed E-state index contributed by atoms with van der Waals surface area (Å²) in [6, 6.07) is 16.3. The molecule has 0 bridgehead atoms. The van der Waals surface area contributed by atoms with Crippen LogP contribution in [0.1, 0.15) is 42.7 Å². The number of nitrogens with zero attached hydrogens (tertiary/aromatic N) is 4. The second-order valence-corrected chi connectivity index (χ2v) is 9.37. The number of aromatic nitrogens is 2. The molecule has 1 atom stereocenters. The Morgan fingerprint density at radius 3 is 2.59 bits per heavy atom. The number of carbonyl (C=O) groups excluding carboxylic acids is 3. The Kier molecular flexibility index (Phi) is 7.79. The normalized spacial score (nSPS) is 15.0. The number of ether oxygens (including phenoxy) is 1. The fourth-order valence-corrected chi connectivity index (χ4v) is 4.59. The van der Waals surface area contributed by atoms with Crippen LogP contribution in [0.4, 0.5) is 16.6 Å². The number of benzene rings is 2. The molecule has 2 aromatic carbocycles. The largest absolute Gasteiger partial charge is 0.449 e. The number of halogens is 1. The topological polar surface area (TPSA) is 139 Å². The van der Waals surface area contributed by atoms with E-state index in [-0.39, 0.29) is 41.5 Å². The first kappa shape index (κ1) is 27.5. The summed E-state index contributed by atoms with van der Waals surface area (Å²) in [4.78, 5) is 53.4. The van der Waals surface area contributed by atoms with Gasteiger partial charge in [0.2, 0.25) is 5.96 Å². The molecule has 2 aromatic heterocycles. The van der Waals surface area contributed by atoms with Crippen molar-refractivity contribution in [1.29, 1.82) is 0 Å². The minimum Gasteiger partial charge on any atom is -0.449 e. The molecule has 41 heavy (non-hydrogen) atoms. The fourth-order valence-electron chi connectivity index (χ4n) is 4.35. The van der Waals surface area contributed by atoms with Gasteiger partial charge in [-0.25, -0.2) is 19.7 Å². The molecular formula is C29H25ClN6O5. The zero-order chi connectivity index (χ0) is 29.1. The van der Waals surface area contributed by atoms with Crippen molar-refractivity contribution >= 4 is 58.3 Å². The summed E-state index contributed by atoms with van der Waals surface area (Å²) in [5.74, 6) is -0.605. The number of allylic oxidation sites excluding steroid dienone is 1. The number of hydrogen-bond donors (Lipinski definition) is 2. The summed E-state index contributed by atoms with van der Waals surface area (Å²) in [6.07, 6.45) is 0.651. The number of pyridine rings is 1. The third-order valence-electron chi connectivity index (χ3n) is 6.28. The standard InChI is InChI=1S/C29H25ClN6O5/c1-4-40-29(39)36-16(2)24(26(38)33-23-15-18(17(3)37)13-14-31-23)25(19-9-5-6-10-20(19)30)34-27(36)35-28-32-21-11-7-8-12-22(21)41-28/h5-15,25H,4H2,1-3H3,(H,31,33,38)(H,32,34,35). The number of rotatable bonds is 6. The second-order valence-electron chi connectivity index (χ2n) is 8.96. The zero-order valence-corrected chi connectivity index (χ0v) is 23.1. The summed E-state index contributed by atoms with van der Waals surface area (Å²) >= 11 is 6.57. The van der Waals surface area contributed by atoms with E-state index in [1.807, 2.05) is 12.1 Å². The molecular weight excluding hydrogens is 548 g/mol. The molecule has 0 aliphatic carbocycles. The van der Waals surface area contributed by atoms with Gasteiger partial charge in [0, 0.05) is 28.0 Å². The first-order valence-corrected chi connectivity index (χ1v) is 13.1. The van der Waals surface area contributed by atoms with E-state index in [2.05, 4.69) is 20.6 Å². The van der Waals surface area contributed by atoms with Crippen LogP contribution in [0.3, 0.4) is 0 Å². The highest BCUT2D eigenvalue weighted by molar-refractivity contribution is 6.31. The van der Waals surface area contributed by atoms with Crippen LogP contribution < -0.4 is 10.6 Å². The Labute approximate surface area is 239 Å². The number of amides is 2. The van der Waals surface area contributed by atoms with Crippen molar-refractivity contribution < 1.29 is 23.5 Å². The third kappa shape index (κ3) is 5.66. The summed E-state index contributed by atoms with van der Waals surface area (Å²) in [7, 11) is 0. The van der Waals surface area contributed by atoms with Crippen LogP contribution in [0, 0.1) is 0 Å². The molecule has 12 heteroatoms. The molecule has 4 aromatic rings. The Morgan fingerprint density at radius 2 is 1.85 bits per heavy atom. The van der Waals surface area contributed by atoms with E-state index in [0.717, 1.165) is 4.90 Å². The number of nitrogens with one attached hydrogen (secondary N) is 2. The van der Waals surface area contributed by atoms with Gasteiger partial charge in [0.25, 0.3) is 5.91 Å². The van der Waals surface area contributed by atoms with E-state index in [0.29, 0.717) is 27.2 Å². The summed E-state index contributed by atoms with van der Waals surface area (Å²) < 4.78 is 11.1. The van der Waals surface area contributed by atoms with Gasteiger partial charge in [-0.15, -0.1) is 0 Å². The van der Waals surface area contributed by atoms with E-state index in [1.165, 1.54) is 19.2 Å². The zero-order valence-electron chi connectivity index (χ0n) is 22.3. The molecule has 0 radical (unpaired) electrons. The third-order valence-corrected chi connectivity index (χ3v) is 6.62. The quantitative estimate of drug-likeness (QED) is 0.269. The minimum absolute atomic E-state index is 0.0191. The molecule has 0 fully saturated rings. The van der Waals surface area contributed by atoms with E-state index in [4.69, 9.17) is 25.7 Å². The van der Waals surface area contributed by atoms with Gasteiger partial charge in [0.05, 0.1) is 12.2 Å². The SMILES string of the molecule is CCOC(=O)N1C(Nc2nc3ccccc3o2)=NC(c2ccccc2Cl)C(C(=O)Nc2cc(C(C)=O)ccn2)=C1C. The monoisotopic (exact) mass is 572 g/mol. The molecule has 0 spiro atoms. The number of fused-ring (bicyclic) bond motifs is 1. The average molecular weight is 573 g/mol. The Balaban J connectivity index is 1.61. The van der Waals surface area contributed by atoms with Gasteiger partial charge in [0.15, 0.2) is 11.4 Å². The number of oxazole rings is 1. The minimum atomic E-state index is -0.947. The van der Waals surface area contributed by atoms with Gasteiger partial charge in [-0.2, -0.15) is 4.98 Å². The lowest BCUT2D eigenvalue weighted by atomic mass is 9.95. The molecule has 0 saturated heterocycles. The molecule has 1 aliphatic heterocycles. The molecule has 2 N–H and O–H groups in total. The highest BCUT2D eigenvalue weighted by Gasteiger charge is 2.38. The van der Waals surface area contributed by atoms with Crippen LogP contribution in [0.2, 0.25) is 5.02 Å². The van der Waals surface area contributed by atoms with Crippen LogP contribution >= 0.6 is 11.6 Å². The number of aliphatic imine (C=N–C) groups is 1. The maximum atomic E-state index is 13.8. The van der Waals surface area contributed by atoms with Crippen LogP contribution in [0.15, 0.2) is 87.5 Å². The summed E-state index contributed by atoms with van der Waals surface area (Å²) in [6.45, 7) is 4.76. The van der Waals surface area contributed by atoms with Gasteiger partial charge in [-0.3, -0.25) is 14.9 Å². The van der Waals surface area contributed by atoms with E-state index in [1.54, 1.807) is 56.3 Å². The van der Waals surface area contributed by atoms with Crippen molar-refractivity contribution in [3.05, 3.63) is 94.3 Å². The number of ketones is 1. The molecule has 1 aliphatic rings. The number of carbonyl (C=O) groups is 3. The van der Waals surface area contributed by atoms with Crippen LogP contribution in [-0.2, 0) is 9.53 Å². The van der Waals surface area contributed by atoms with Crippen molar-refractivity contribution in [3.63, 3.8) is 0 Å². The van der Waals surface area contributed by atoms with Crippen LogP contribution in [-0.4, -0.2) is 45.2 Å². The average Bonchev–Trinajstić information content (AvgIpc) is 3.35. The Morgan fingerprint density at radius 1 is 1.10 bits per heavy atom. The lowest BCUT2D eigenvalue weighted by Gasteiger charge is -2.33. The number of guanidine groups is 1. The van der Waals surface area contributed by atoms with Gasteiger partial charge < -0.3 is 14.5 Å². The van der Waals surface area contributed by atoms with Gasteiger partial charge in [-0.05, 0) is 51.1 Å². The van der Waals surface area contributed by atoms with E-state index < -0.39 is 18.0 Å². The Bertz CT molecular complexity index is 1700. The van der Waals surface area contributed by atoms with Crippen molar-refractivity contribution in [2.75, 3.05) is 17.2 Å². The molecule has 2 amide bonds. The highest BCUT2D eigenvalue weighted by Crippen LogP contribution is 2.38. The molecule has 5 rings (SSSR count). The predicted molar refractivity (Wildman–Crippen MR) is 154 cm³/mol. The predicted octanol–water partition coefficient (Wildman–Crippen LogP) is 5.97. The summed E-state index contributed by atoms with van der Waals surface area (Å²) in [5, 5.41) is 6.07. The maximum Gasteiger partial charge on any atom is 0.421 e. The lowest BCUT2D eigenvalue weighted by molar-refractivity contribution is -0.113. The van der Waals surface area contributed by atoms with Gasteiger partial charge >= 0.3 is 12.1 Å². The molecule has 3 heterocycles. The van der Waals surface area contributed by atoms with Crippen molar-refractivity contribution in [1.82, 2.24) is 14.9 Å². The number of anilines is 2. The van der Waals surface area contributed by atoms with Crippen LogP contribution in [0.5, 0.6) is 0 Å². The Hall–Kier alpha value is -5.03. The first-order valence-electron chi connectivity index (χ1n) is 12.7. The smallest absolute Gasteiger partial charge is 0.421 e. The van der Waals surface area contributed by atoms with Crippen molar-refractivity contribution in [2.45, 2.75) is 26.8 Å². The van der Waals surface area contributed by atoms with Crippen LogP contribution in [0.25, 0.3) is 11.1 Å². The van der Waals surface area contributed by atoms with Gasteiger partial charge in [-0.1, -0.05) is 41.9 Å². The molecule has 11 nitrogen and oxygen atoms in total. The maximum absolute atomic E-state index is 13.8. The van der Waals surface area contributed by atoms with E-state index >= 15 is 0 Å². The van der Waals surface area contributed by atoms with E-state index in [9.17, 15) is 14.4 Å². The number of Topliss-reactive ketones (excluding diaryl/α,β-unsaturated/α-hetero) is 1. The number of hydrogen-bond acceptors (Lipinski definition) is 9. The van der Waals surface area contributed by atoms with Crippen molar-refractivity contribution in [3.8, 4) is 0 Å². The van der Waals surface area contributed by atoms with Crippen molar-refractivity contribution in [2.24, 2.45) is 4.99 Å². The highest BCUT2D eigenvalue weighted by atomic mass is 35.5. The molecule has 0 saturated carbocycles. The molecule has 1 unspecified atom stereocenters. The number of para-hydroxylation sites is 2. The molecule has 208 valence electrons. The first-order chi connectivity index (χ1) is 19.8. The van der Waals surface area contributed by atoms with Gasteiger partial charge in [0.1, 0.15) is 17.4 Å². The lowest BCUT2D eigenvalue weighted by Crippen LogP contribution is -2.45. The second kappa shape index (κ2) is 11.6.